The zero-order valence-corrected chi connectivity index (χ0v) is 12.8. The van der Waals surface area contributed by atoms with Gasteiger partial charge in [-0.15, -0.1) is 0 Å². The van der Waals surface area contributed by atoms with Gasteiger partial charge in [0.1, 0.15) is 11.6 Å². The second-order valence-electron chi connectivity index (χ2n) is 5.33. The van der Waals surface area contributed by atoms with Crippen LogP contribution in [0.2, 0.25) is 0 Å². The van der Waals surface area contributed by atoms with E-state index in [1.165, 1.54) is 0 Å². The lowest BCUT2D eigenvalue weighted by Crippen LogP contribution is -2.42. The fraction of sp³-hybridized carbons (Fsp3) is 0.500. The van der Waals surface area contributed by atoms with Gasteiger partial charge in [-0.3, -0.25) is 9.59 Å². The van der Waals surface area contributed by atoms with Crippen molar-refractivity contribution in [3.63, 3.8) is 0 Å². The van der Waals surface area contributed by atoms with E-state index in [0.29, 0.717) is 26.3 Å². The van der Waals surface area contributed by atoms with Crippen molar-refractivity contribution in [2.75, 3.05) is 32.8 Å². The molecule has 1 saturated heterocycles. The van der Waals surface area contributed by atoms with E-state index in [-0.39, 0.29) is 43.2 Å². The predicted octanol–water partition coefficient (Wildman–Crippen LogP) is 1.26. The fourth-order valence-corrected chi connectivity index (χ4v) is 2.35. The molecule has 1 N–H and O–H groups in total. The first-order valence-corrected chi connectivity index (χ1v) is 7.62. The van der Waals surface area contributed by atoms with Gasteiger partial charge in [0.2, 0.25) is 11.8 Å². The number of morpholine rings is 1. The van der Waals surface area contributed by atoms with Crippen LogP contribution < -0.4 is 5.32 Å². The lowest BCUT2D eigenvalue weighted by Gasteiger charge is -2.26. The van der Waals surface area contributed by atoms with E-state index in [9.17, 15) is 18.4 Å². The quantitative estimate of drug-likeness (QED) is 0.856. The molecule has 1 heterocycles. The molecule has 1 aliphatic heterocycles. The van der Waals surface area contributed by atoms with Gasteiger partial charge in [0.15, 0.2) is 0 Å². The molecule has 2 rings (SSSR count). The number of halogens is 2. The molecule has 1 aliphatic rings. The van der Waals surface area contributed by atoms with Gasteiger partial charge in [0.25, 0.3) is 0 Å². The number of hydrogen-bond acceptors (Lipinski definition) is 3. The third-order valence-corrected chi connectivity index (χ3v) is 3.65. The number of benzene rings is 1. The molecule has 0 spiro atoms. The van der Waals surface area contributed by atoms with E-state index in [0.717, 1.165) is 18.2 Å². The smallest absolute Gasteiger partial charge is 0.224 e. The molecule has 1 aromatic carbocycles. The number of ether oxygens (including phenoxy) is 1. The number of rotatable bonds is 6. The van der Waals surface area contributed by atoms with Crippen molar-refractivity contribution in [1.82, 2.24) is 10.2 Å². The molecule has 2 amide bonds. The molecule has 7 heteroatoms. The van der Waals surface area contributed by atoms with Gasteiger partial charge < -0.3 is 15.0 Å². The molecule has 1 aromatic rings. The van der Waals surface area contributed by atoms with Gasteiger partial charge >= 0.3 is 0 Å². The monoisotopic (exact) mass is 326 g/mol. The summed E-state index contributed by atoms with van der Waals surface area (Å²) in [5.74, 6) is -1.37. The Labute approximate surface area is 133 Å². The van der Waals surface area contributed by atoms with Crippen molar-refractivity contribution in [3.8, 4) is 0 Å². The Balaban J connectivity index is 1.67. The molecule has 0 aliphatic carbocycles. The molecule has 0 radical (unpaired) electrons. The van der Waals surface area contributed by atoms with Crippen LogP contribution in [0, 0.1) is 11.6 Å². The van der Waals surface area contributed by atoms with Gasteiger partial charge in [0.05, 0.1) is 13.2 Å². The van der Waals surface area contributed by atoms with Gasteiger partial charge in [-0.25, -0.2) is 8.78 Å². The van der Waals surface area contributed by atoms with Crippen LogP contribution in [0.4, 0.5) is 8.78 Å². The molecular weight excluding hydrogens is 306 g/mol. The summed E-state index contributed by atoms with van der Waals surface area (Å²) in [7, 11) is 0. The average molecular weight is 326 g/mol. The third kappa shape index (κ3) is 5.59. The number of aryl methyl sites for hydroxylation is 1. The van der Waals surface area contributed by atoms with Gasteiger partial charge in [-0.1, -0.05) is 0 Å². The Morgan fingerprint density at radius 3 is 2.65 bits per heavy atom. The maximum absolute atomic E-state index is 13.4. The molecule has 0 unspecified atom stereocenters. The summed E-state index contributed by atoms with van der Waals surface area (Å²) in [4.78, 5) is 25.3. The van der Waals surface area contributed by atoms with Crippen molar-refractivity contribution in [2.24, 2.45) is 0 Å². The molecule has 5 nitrogen and oxygen atoms in total. The first-order valence-electron chi connectivity index (χ1n) is 7.62. The van der Waals surface area contributed by atoms with Crippen LogP contribution in [-0.2, 0) is 20.7 Å². The van der Waals surface area contributed by atoms with Crippen molar-refractivity contribution < 1.29 is 23.1 Å². The lowest BCUT2D eigenvalue weighted by atomic mass is 10.1. The van der Waals surface area contributed by atoms with Gasteiger partial charge in [-0.2, -0.15) is 0 Å². The SMILES string of the molecule is O=C(CCc1cc(F)ccc1F)NCCC(=O)N1CCOCC1. The summed E-state index contributed by atoms with van der Waals surface area (Å²) in [5, 5.41) is 2.62. The highest BCUT2D eigenvalue weighted by atomic mass is 19.1. The highest BCUT2D eigenvalue weighted by Gasteiger charge is 2.16. The van der Waals surface area contributed by atoms with Crippen molar-refractivity contribution in [2.45, 2.75) is 19.3 Å². The Hall–Kier alpha value is -2.02. The molecule has 0 bridgehead atoms. The number of nitrogens with zero attached hydrogens (tertiary/aromatic N) is 1. The zero-order valence-electron chi connectivity index (χ0n) is 12.8. The Kier molecular flexibility index (Phi) is 6.46. The molecular formula is C16H20F2N2O3. The summed E-state index contributed by atoms with van der Waals surface area (Å²) in [6.45, 7) is 2.46. The largest absolute Gasteiger partial charge is 0.378 e. The van der Waals surface area contributed by atoms with Crippen LogP contribution in [0.5, 0.6) is 0 Å². The van der Waals surface area contributed by atoms with E-state index in [4.69, 9.17) is 4.74 Å². The third-order valence-electron chi connectivity index (χ3n) is 3.65. The lowest BCUT2D eigenvalue weighted by molar-refractivity contribution is -0.135. The Morgan fingerprint density at radius 2 is 1.91 bits per heavy atom. The molecule has 0 aromatic heterocycles. The van der Waals surface area contributed by atoms with E-state index < -0.39 is 11.6 Å². The average Bonchev–Trinajstić information content (AvgIpc) is 2.56. The fourth-order valence-electron chi connectivity index (χ4n) is 2.35. The zero-order chi connectivity index (χ0) is 16.7. The number of carbonyl (C=O) groups is 2. The van der Waals surface area contributed by atoms with E-state index in [1.807, 2.05) is 0 Å². The summed E-state index contributed by atoms with van der Waals surface area (Å²) >= 11 is 0. The van der Waals surface area contributed by atoms with Gasteiger partial charge in [0, 0.05) is 32.5 Å². The number of nitrogens with one attached hydrogen (secondary N) is 1. The van der Waals surface area contributed by atoms with Crippen LogP contribution in [-0.4, -0.2) is 49.6 Å². The first-order chi connectivity index (χ1) is 11.1. The predicted molar refractivity (Wildman–Crippen MR) is 79.7 cm³/mol. The molecule has 126 valence electrons. The molecule has 0 saturated carbocycles. The Bertz CT molecular complexity index is 560. The van der Waals surface area contributed by atoms with Gasteiger partial charge in [-0.05, 0) is 30.2 Å². The van der Waals surface area contributed by atoms with E-state index in [2.05, 4.69) is 5.32 Å². The Morgan fingerprint density at radius 1 is 1.17 bits per heavy atom. The minimum absolute atomic E-state index is 0.0234. The summed E-state index contributed by atoms with van der Waals surface area (Å²) < 4.78 is 31.6. The van der Waals surface area contributed by atoms with Crippen LogP contribution in [0.3, 0.4) is 0 Å². The topological polar surface area (TPSA) is 58.6 Å². The van der Waals surface area contributed by atoms with Crippen LogP contribution in [0.25, 0.3) is 0 Å². The van der Waals surface area contributed by atoms with Crippen LogP contribution in [0.1, 0.15) is 18.4 Å². The maximum Gasteiger partial charge on any atom is 0.224 e. The highest BCUT2D eigenvalue weighted by Crippen LogP contribution is 2.11. The summed E-state index contributed by atoms with van der Waals surface area (Å²) in [5.41, 5.74) is 0.171. The van der Waals surface area contributed by atoms with Crippen LogP contribution in [0.15, 0.2) is 18.2 Å². The number of amides is 2. The maximum atomic E-state index is 13.4. The second kappa shape index (κ2) is 8.57. The van der Waals surface area contributed by atoms with E-state index in [1.54, 1.807) is 4.90 Å². The summed E-state index contributed by atoms with van der Waals surface area (Å²) in [6, 6.07) is 3.17. The number of carbonyl (C=O) groups excluding carboxylic acids is 2. The van der Waals surface area contributed by atoms with Crippen LogP contribution >= 0.6 is 0 Å². The van der Waals surface area contributed by atoms with Crippen molar-refractivity contribution in [3.05, 3.63) is 35.4 Å². The molecule has 0 atom stereocenters. The minimum Gasteiger partial charge on any atom is -0.378 e. The number of hydrogen-bond donors (Lipinski definition) is 1. The molecule has 1 fully saturated rings. The molecule has 23 heavy (non-hydrogen) atoms. The van der Waals surface area contributed by atoms with Crippen molar-refractivity contribution in [1.29, 1.82) is 0 Å². The highest BCUT2D eigenvalue weighted by molar-refractivity contribution is 5.79. The standard InChI is InChI=1S/C16H20F2N2O3/c17-13-2-3-14(18)12(11-13)1-4-15(21)19-6-5-16(22)20-7-9-23-10-8-20/h2-3,11H,1,4-10H2,(H,19,21). The van der Waals surface area contributed by atoms with E-state index >= 15 is 0 Å². The minimum atomic E-state index is -0.530. The summed E-state index contributed by atoms with van der Waals surface area (Å²) in [6.07, 6.45) is 0.388. The van der Waals surface area contributed by atoms with Crippen molar-refractivity contribution >= 4 is 11.8 Å². The first kappa shape index (κ1) is 17.3. The normalized spacial score (nSPS) is 14.6. The second-order valence-corrected chi connectivity index (χ2v) is 5.33.